The van der Waals surface area contributed by atoms with Gasteiger partial charge >= 0.3 is 5.97 Å². The van der Waals surface area contributed by atoms with Gasteiger partial charge in [0.25, 0.3) is 0 Å². The second-order valence-corrected chi connectivity index (χ2v) is 13.3. The molecule has 0 aromatic carbocycles. The predicted molar refractivity (Wildman–Crippen MR) is 134 cm³/mol. The zero-order chi connectivity index (χ0) is 24.4. The van der Waals surface area contributed by atoms with Crippen molar-refractivity contribution in [3.05, 3.63) is 23.3 Å². The Morgan fingerprint density at radius 2 is 1.82 bits per heavy atom. The van der Waals surface area contributed by atoms with Crippen molar-refractivity contribution in [2.75, 3.05) is 0 Å². The van der Waals surface area contributed by atoms with Gasteiger partial charge in [0.15, 0.2) is 0 Å². The Labute approximate surface area is 201 Å². The molecule has 3 nitrogen and oxygen atoms in total. The van der Waals surface area contributed by atoms with E-state index in [1.54, 1.807) is 12.5 Å². The normalized spacial score (nSPS) is 43.2. The van der Waals surface area contributed by atoms with Crippen LogP contribution in [0, 0.1) is 45.3 Å². The molecule has 0 radical (unpaired) electrons. The van der Waals surface area contributed by atoms with Crippen LogP contribution in [-0.4, -0.2) is 16.9 Å². The molecule has 3 fully saturated rings. The first-order valence-corrected chi connectivity index (χ1v) is 13.4. The summed E-state index contributed by atoms with van der Waals surface area (Å²) in [7, 11) is 0. The quantitative estimate of drug-likeness (QED) is 0.343. The van der Waals surface area contributed by atoms with Gasteiger partial charge in [0.05, 0.1) is 0 Å². The molecule has 4 aliphatic rings. The summed E-state index contributed by atoms with van der Waals surface area (Å²) in [6.45, 7) is 16.2. The zero-order valence-electron chi connectivity index (χ0n) is 22.1. The van der Waals surface area contributed by atoms with E-state index >= 15 is 0 Å². The van der Waals surface area contributed by atoms with Gasteiger partial charge in [-0.3, -0.25) is 4.79 Å². The number of aliphatic carboxylic acids is 1. The summed E-state index contributed by atoms with van der Waals surface area (Å²) in [4.78, 5) is 24.0. The fourth-order valence-electron chi connectivity index (χ4n) is 9.37. The molecule has 0 unspecified atom stereocenters. The fourth-order valence-corrected chi connectivity index (χ4v) is 9.37. The van der Waals surface area contributed by atoms with E-state index < -0.39 is 5.97 Å². The Morgan fingerprint density at radius 3 is 2.48 bits per heavy atom. The van der Waals surface area contributed by atoms with Gasteiger partial charge < -0.3 is 5.11 Å². The number of carboxylic acids is 1. The molecule has 7 atom stereocenters. The van der Waals surface area contributed by atoms with Crippen molar-refractivity contribution < 1.29 is 14.7 Å². The van der Waals surface area contributed by atoms with Crippen LogP contribution in [0.2, 0.25) is 0 Å². The molecule has 4 aliphatic carbocycles. The van der Waals surface area contributed by atoms with Crippen LogP contribution in [0.15, 0.2) is 23.3 Å². The molecule has 3 heteroatoms. The number of rotatable bonds is 5. The molecular weight excluding hydrogens is 408 g/mol. The van der Waals surface area contributed by atoms with Crippen LogP contribution in [0.1, 0.15) is 106 Å². The number of fused-ring (bicyclic) bond motifs is 5. The van der Waals surface area contributed by atoms with Crippen molar-refractivity contribution in [3.63, 3.8) is 0 Å². The van der Waals surface area contributed by atoms with Gasteiger partial charge in [-0.1, -0.05) is 59.3 Å². The lowest BCUT2D eigenvalue weighted by Gasteiger charge is -2.67. The summed E-state index contributed by atoms with van der Waals surface area (Å²) in [5, 5.41) is 9.14. The molecule has 0 amide bonds. The molecule has 0 saturated heterocycles. The number of ketones is 1. The SMILES string of the molecule is C/C(=C\CC[C@@H](C)[C@H]1CC[C@@]2(C)C1=CC[C@H]1[C@@]3(C)CCC(=O)C(C)(C)[C@@H]3CC[C@@]12C)C(=O)O. The van der Waals surface area contributed by atoms with E-state index in [0.29, 0.717) is 40.4 Å². The molecule has 33 heavy (non-hydrogen) atoms. The van der Waals surface area contributed by atoms with Crippen LogP contribution in [0.5, 0.6) is 0 Å². The second-order valence-electron chi connectivity index (χ2n) is 13.3. The van der Waals surface area contributed by atoms with Gasteiger partial charge in [0, 0.05) is 17.4 Å². The second kappa shape index (κ2) is 8.09. The van der Waals surface area contributed by atoms with Gasteiger partial charge in [-0.2, -0.15) is 0 Å². The van der Waals surface area contributed by atoms with Crippen LogP contribution >= 0.6 is 0 Å². The van der Waals surface area contributed by atoms with E-state index in [1.165, 1.54) is 32.1 Å². The van der Waals surface area contributed by atoms with Crippen molar-refractivity contribution in [3.8, 4) is 0 Å². The maximum absolute atomic E-state index is 12.8. The summed E-state index contributed by atoms with van der Waals surface area (Å²) < 4.78 is 0. The van der Waals surface area contributed by atoms with Gasteiger partial charge in [-0.15, -0.1) is 0 Å². The van der Waals surface area contributed by atoms with E-state index in [1.807, 2.05) is 6.08 Å². The molecule has 3 saturated carbocycles. The highest BCUT2D eigenvalue weighted by molar-refractivity contribution is 5.86. The van der Waals surface area contributed by atoms with Crippen molar-refractivity contribution in [1.29, 1.82) is 0 Å². The van der Waals surface area contributed by atoms with Crippen LogP contribution in [0.25, 0.3) is 0 Å². The van der Waals surface area contributed by atoms with Crippen LogP contribution in [0.3, 0.4) is 0 Å². The highest BCUT2D eigenvalue weighted by atomic mass is 16.4. The van der Waals surface area contributed by atoms with E-state index in [0.717, 1.165) is 25.7 Å². The minimum Gasteiger partial charge on any atom is -0.478 e. The maximum Gasteiger partial charge on any atom is 0.330 e. The van der Waals surface area contributed by atoms with E-state index in [4.69, 9.17) is 5.11 Å². The Kier molecular flexibility index (Phi) is 6.07. The first-order chi connectivity index (χ1) is 15.3. The number of hydrogen-bond donors (Lipinski definition) is 1. The molecule has 0 heterocycles. The molecule has 184 valence electrons. The topological polar surface area (TPSA) is 54.4 Å². The molecule has 0 aromatic rings. The summed E-state index contributed by atoms with van der Waals surface area (Å²) in [6.07, 6.45) is 14.4. The third-order valence-electron chi connectivity index (χ3n) is 11.7. The number of hydrogen-bond acceptors (Lipinski definition) is 2. The monoisotopic (exact) mass is 454 g/mol. The molecular formula is C30H46O3. The minimum atomic E-state index is -0.804. The third kappa shape index (κ3) is 3.50. The third-order valence-corrected chi connectivity index (χ3v) is 11.7. The van der Waals surface area contributed by atoms with Crippen LogP contribution in [-0.2, 0) is 9.59 Å². The number of carbonyl (C=O) groups is 2. The standard InChI is InChI=1S/C30H46O3/c1-19(9-8-10-20(2)26(32)33)21-13-17-29(6)22(21)11-12-24-28(5)16-15-25(31)27(3,4)23(28)14-18-30(24,29)7/h10-11,19,21,23-24H,8-9,12-18H2,1-7H3,(H,32,33)/b20-10+/t19-,21-,23+,24+,28+,29+,30+/m1/s1. The van der Waals surface area contributed by atoms with E-state index in [2.05, 4.69) is 47.6 Å². The molecule has 0 aromatic heterocycles. The molecule has 0 aliphatic heterocycles. The number of allylic oxidation sites excluding steroid dienone is 3. The smallest absolute Gasteiger partial charge is 0.330 e. The van der Waals surface area contributed by atoms with Gasteiger partial charge in [-0.25, -0.2) is 4.79 Å². The molecule has 4 rings (SSSR count). The number of carboxylic acid groups (broad SMARTS) is 1. The highest BCUT2D eigenvalue weighted by Gasteiger charge is 2.66. The summed E-state index contributed by atoms with van der Waals surface area (Å²) >= 11 is 0. The van der Waals surface area contributed by atoms with E-state index in [9.17, 15) is 9.59 Å². The summed E-state index contributed by atoms with van der Waals surface area (Å²) in [5.74, 6) is 2.04. The van der Waals surface area contributed by atoms with Crippen LogP contribution < -0.4 is 0 Å². The Balaban J connectivity index is 1.59. The maximum atomic E-state index is 12.8. The lowest BCUT2D eigenvalue weighted by molar-refractivity contribution is -0.174. The highest BCUT2D eigenvalue weighted by Crippen LogP contribution is 2.74. The predicted octanol–water partition coefficient (Wildman–Crippen LogP) is 7.61. The lowest BCUT2D eigenvalue weighted by atomic mass is 9.37. The van der Waals surface area contributed by atoms with Crippen molar-refractivity contribution >= 4 is 11.8 Å². The zero-order valence-corrected chi connectivity index (χ0v) is 22.1. The van der Waals surface area contributed by atoms with Crippen LogP contribution in [0.4, 0.5) is 0 Å². The largest absolute Gasteiger partial charge is 0.478 e. The Hall–Kier alpha value is -1.38. The van der Waals surface area contributed by atoms with Gasteiger partial charge in [-0.05, 0) is 98.2 Å². The molecule has 0 spiro atoms. The minimum absolute atomic E-state index is 0.187. The number of Topliss-reactive ketones (excluding diaryl/α,β-unsaturated/α-hetero) is 1. The van der Waals surface area contributed by atoms with Gasteiger partial charge in [0.2, 0.25) is 0 Å². The van der Waals surface area contributed by atoms with Gasteiger partial charge in [0.1, 0.15) is 5.78 Å². The average Bonchev–Trinajstić information content (AvgIpc) is 3.09. The fraction of sp³-hybridized carbons (Fsp3) is 0.800. The summed E-state index contributed by atoms with van der Waals surface area (Å²) in [6, 6.07) is 0. The van der Waals surface area contributed by atoms with Crippen molar-refractivity contribution in [2.24, 2.45) is 45.3 Å². The average molecular weight is 455 g/mol. The van der Waals surface area contributed by atoms with Crippen molar-refractivity contribution in [1.82, 2.24) is 0 Å². The molecule has 0 bridgehead atoms. The first-order valence-electron chi connectivity index (χ1n) is 13.4. The summed E-state index contributed by atoms with van der Waals surface area (Å²) in [5.41, 5.74) is 2.78. The van der Waals surface area contributed by atoms with E-state index in [-0.39, 0.29) is 16.2 Å². The number of carbonyl (C=O) groups excluding carboxylic acids is 1. The van der Waals surface area contributed by atoms with Crippen molar-refractivity contribution in [2.45, 2.75) is 106 Å². The Bertz CT molecular complexity index is 894. The first kappa shape index (κ1) is 24.7. The Morgan fingerprint density at radius 1 is 1.12 bits per heavy atom. The lowest BCUT2D eigenvalue weighted by Crippen LogP contribution is -2.61. The molecule has 1 N–H and O–H groups in total.